The van der Waals surface area contributed by atoms with Crippen molar-refractivity contribution < 1.29 is 19.3 Å². The lowest BCUT2D eigenvalue weighted by atomic mass is 10.1. The van der Waals surface area contributed by atoms with Crippen molar-refractivity contribution in [2.24, 2.45) is 0 Å². The fourth-order valence-electron chi connectivity index (χ4n) is 3.44. The molecule has 0 spiro atoms. The van der Waals surface area contributed by atoms with Crippen molar-refractivity contribution in [3.8, 4) is 5.75 Å². The highest BCUT2D eigenvalue weighted by atomic mass is 16.5. The summed E-state index contributed by atoms with van der Waals surface area (Å²) in [6.45, 7) is 2.36. The molecular formula is C21H30N4O2+2. The fraction of sp³-hybridized carbons (Fsp3) is 0.381. The van der Waals surface area contributed by atoms with Crippen LogP contribution in [-0.4, -0.2) is 37.4 Å². The summed E-state index contributed by atoms with van der Waals surface area (Å²) in [4.78, 5) is 1.42. The van der Waals surface area contributed by atoms with Gasteiger partial charge in [0.05, 0.1) is 34.3 Å². The van der Waals surface area contributed by atoms with Gasteiger partial charge < -0.3 is 14.7 Å². The number of anilines is 1. The third-order valence-corrected chi connectivity index (χ3v) is 4.93. The molecule has 1 atom stereocenters. The van der Waals surface area contributed by atoms with Gasteiger partial charge in [0.1, 0.15) is 29.4 Å². The summed E-state index contributed by atoms with van der Waals surface area (Å²) in [6.07, 6.45) is 0.403. The number of aliphatic hydroxyl groups is 1. The Kier molecular flexibility index (Phi) is 5.98. The number of quaternary nitrogens is 1. The highest BCUT2D eigenvalue weighted by Crippen LogP contribution is 2.21. The molecule has 6 nitrogen and oxygen atoms in total. The summed E-state index contributed by atoms with van der Waals surface area (Å²) in [6, 6.07) is 15.7. The van der Waals surface area contributed by atoms with Crippen LogP contribution in [0.4, 0.5) is 5.95 Å². The SMILES string of the molecule is COc1ccc([C@@H](O)C[n+]2c(N)n(CCC[NH+](C)C)c3ccccc32)cc1. The first-order valence-electron chi connectivity index (χ1n) is 9.39. The van der Waals surface area contributed by atoms with Crippen LogP contribution in [0.15, 0.2) is 48.5 Å². The monoisotopic (exact) mass is 370 g/mol. The molecule has 0 unspecified atom stereocenters. The molecule has 144 valence electrons. The van der Waals surface area contributed by atoms with E-state index < -0.39 is 6.10 Å². The summed E-state index contributed by atoms with van der Waals surface area (Å²) in [5, 5.41) is 10.7. The molecule has 4 N–H and O–H groups in total. The molecule has 27 heavy (non-hydrogen) atoms. The summed E-state index contributed by atoms with van der Waals surface area (Å²) in [7, 11) is 5.94. The Morgan fingerprint density at radius 1 is 1.15 bits per heavy atom. The summed E-state index contributed by atoms with van der Waals surface area (Å²) in [5.41, 5.74) is 9.48. The molecule has 1 aromatic heterocycles. The minimum Gasteiger partial charge on any atom is -0.497 e. The van der Waals surface area contributed by atoms with Crippen LogP contribution in [0.2, 0.25) is 0 Å². The number of fused-ring (bicyclic) bond motifs is 1. The van der Waals surface area contributed by atoms with Gasteiger partial charge in [-0.2, -0.15) is 0 Å². The van der Waals surface area contributed by atoms with E-state index in [1.165, 1.54) is 4.90 Å². The molecule has 0 radical (unpaired) electrons. The van der Waals surface area contributed by atoms with Crippen LogP contribution in [0.1, 0.15) is 18.1 Å². The third kappa shape index (κ3) is 4.23. The Bertz CT molecular complexity index is 887. The maximum Gasteiger partial charge on any atom is 0.356 e. The van der Waals surface area contributed by atoms with Crippen LogP contribution >= 0.6 is 0 Å². The van der Waals surface area contributed by atoms with Crippen molar-refractivity contribution in [1.82, 2.24) is 4.57 Å². The number of nitrogens with two attached hydrogens (primary N) is 1. The number of hydrogen-bond donors (Lipinski definition) is 3. The Hall–Kier alpha value is -2.57. The molecular weight excluding hydrogens is 340 g/mol. The second-order valence-electron chi connectivity index (χ2n) is 7.21. The lowest BCUT2D eigenvalue weighted by molar-refractivity contribution is -0.858. The number of imidazole rings is 1. The average molecular weight is 370 g/mol. The van der Waals surface area contributed by atoms with Crippen molar-refractivity contribution in [3.05, 3.63) is 54.1 Å². The van der Waals surface area contributed by atoms with Gasteiger partial charge in [-0.3, -0.25) is 5.73 Å². The van der Waals surface area contributed by atoms with Crippen molar-refractivity contribution >= 4 is 17.0 Å². The van der Waals surface area contributed by atoms with E-state index >= 15 is 0 Å². The van der Waals surface area contributed by atoms with Gasteiger partial charge >= 0.3 is 5.95 Å². The summed E-state index contributed by atoms with van der Waals surface area (Å²) >= 11 is 0. The van der Waals surface area contributed by atoms with Crippen LogP contribution in [0, 0.1) is 0 Å². The normalized spacial score (nSPS) is 12.6. The molecule has 0 amide bonds. The predicted octanol–water partition coefficient (Wildman–Crippen LogP) is 0.788. The zero-order chi connectivity index (χ0) is 19.4. The number of rotatable bonds is 8. The standard InChI is InChI=1S/C21H28N4O2/c1-23(2)13-6-14-24-18-7-4-5-8-19(18)25(21(24)22)15-20(26)16-9-11-17(27-3)12-10-16/h4-5,7-12,20,22,26H,6,13-15H2,1-3H3/p+2/t20-/m0/s1. The average Bonchev–Trinajstić information content (AvgIpc) is 2.93. The predicted molar refractivity (Wildman–Crippen MR) is 107 cm³/mol. The number of nitrogens with zero attached hydrogens (tertiary/aromatic N) is 2. The van der Waals surface area contributed by atoms with Crippen LogP contribution in [0.5, 0.6) is 5.75 Å². The first kappa shape index (κ1) is 19.2. The van der Waals surface area contributed by atoms with Gasteiger partial charge in [-0.05, 0) is 29.8 Å². The van der Waals surface area contributed by atoms with Gasteiger partial charge in [-0.25, -0.2) is 9.13 Å². The second-order valence-corrected chi connectivity index (χ2v) is 7.21. The minimum absolute atomic E-state index is 0.407. The topological polar surface area (TPSA) is 68.7 Å². The Morgan fingerprint density at radius 3 is 2.52 bits per heavy atom. The number of nitrogens with one attached hydrogen (secondary N) is 1. The Balaban J connectivity index is 1.87. The lowest BCUT2D eigenvalue weighted by Gasteiger charge is -2.11. The van der Waals surface area contributed by atoms with E-state index in [1.807, 2.05) is 41.0 Å². The van der Waals surface area contributed by atoms with Crippen LogP contribution in [0.3, 0.4) is 0 Å². The molecule has 6 heteroatoms. The Labute approximate surface area is 160 Å². The zero-order valence-electron chi connectivity index (χ0n) is 16.4. The summed E-state index contributed by atoms with van der Waals surface area (Å²) < 4.78 is 9.35. The maximum atomic E-state index is 10.7. The highest BCUT2D eigenvalue weighted by molar-refractivity contribution is 5.73. The molecule has 0 aliphatic heterocycles. The van der Waals surface area contributed by atoms with Gasteiger partial charge in [-0.15, -0.1) is 0 Å². The van der Waals surface area contributed by atoms with Crippen LogP contribution in [-0.2, 0) is 13.1 Å². The molecule has 0 fully saturated rings. The molecule has 0 saturated carbocycles. The van der Waals surface area contributed by atoms with Gasteiger partial charge in [0, 0.05) is 6.42 Å². The molecule has 0 aliphatic carbocycles. The molecule has 0 bridgehead atoms. The third-order valence-electron chi connectivity index (χ3n) is 4.93. The van der Waals surface area contributed by atoms with E-state index in [0.29, 0.717) is 12.5 Å². The first-order valence-corrected chi connectivity index (χ1v) is 9.39. The van der Waals surface area contributed by atoms with Crippen molar-refractivity contribution in [1.29, 1.82) is 0 Å². The molecule has 3 aromatic rings. The van der Waals surface area contributed by atoms with Crippen molar-refractivity contribution in [3.63, 3.8) is 0 Å². The Morgan fingerprint density at radius 2 is 1.85 bits per heavy atom. The van der Waals surface area contributed by atoms with Gasteiger partial charge in [0.25, 0.3) is 0 Å². The molecule has 0 saturated heterocycles. The number of aryl methyl sites for hydroxylation is 1. The largest absolute Gasteiger partial charge is 0.497 e. The smallest absolute Gasteiger partial charge is 0.356 e. The maximum absolute atomic E-state index is 10.7. The zero-order valence-corrected chi connectivity index (χ0v) is 16.4. The number of aliphatic hydroxyl groups excluding tert-OH is 1. The van der Waals surface area contributed by atoms with Crippen LogP contribution in [0.25, 0.3) is 11.0 Å². The van der Waals surface area contributed by atoms with Gasteiger partial charge in [0.2, 0.25) is 0 Å². The van der Waals surface area contributed by atoms with E-state index in [-0.39, 0.29) is 0 Å². The molecule has 0 aliphatic rings. The minimum atomic E-state index is -0.645. The van der Waals surface area contributed by atoms with E-state index in [1.54, 1.807) is 7.11 Å². The molecule has 1 heterocycles. The second kappa shape index (κ2) is 8.41. The number of benzene rings is 2. The number of hydrogen-bond acceptors (Lipinski definition) is 3. The molecule has 2 aromatic carbocycles. The fourth-order valence-corrected chi connectivity index (χ4v) is 3.44. The highest BCUT2D eigenvalue weighted by Gasteiger charge is 2.23. The van der Waals surface area contributed by atoms with Crippen LogP contribution < -0.4 is 19.9 Å². The number of aromatic nitrogens is 2. The summed E-state index contributed by atoms with van der Waals surface area (Å²) in [5.74, 6) is 1.45. The molecule has 3 rings (SSSR count). The number of para-hydroxylation sites is 2. The number of methoxy groups -OCH3 is 1. The van der Waals surface area contributed by atoms with E-state index in [9.17, 15) is 5.11 Å². The first-order chi connectivity index (χ1) is 13.0. The van der Waals surface area contributed by atoms with E-state index in [4.69, 9.17) is 10.5 Å². The quantitative estimate of drug-likeness (QED) is 0.514. The van der Waals surface area contributed by atoms with E-state index in [2.05, 4.69) is 30.8 Å². The van der Waals surface area contributed by atoms with Gasteiger partial charge in [0.15, 0.2) is 0 Å². The number of ether oxygens (including phenoxy) is 1. The lowest BCUT2D eigenvalue weighted by Crippen LogP contribution is -3.05. The van der Waals surface area contributed by atoms with Gasteiger partial charge in [-0.1, -0.05) is 24.3 Å². The number of nitrogen functional groups attached to an aromatic ring is 1. The van der Waals surface area contributed by atoms with Crippen molar-refractivity contribution in [2.45, 2.75) is 25.6 Å². The van der Waals surface area contributed by atoms with E-state index in [0.717, 1.165) is 41.9 Å². The van der Waals surface area contributed by atoms with Crippen molar-refractivity contribution in [2.75, 3.05) is 33.5 Å².